The fourth-order valence-electron chi connectivity index (χ4n) is 6.09. The highest BCUT2D eigenvalue weighted by Gasteiger charge is 2.35. The van der Waals surface area contributed by atoms with Crippen LogP contribution in [0.3, 0.4) is 0 Å². The third-order valence-electron chi connectivity index (χ3n) is 8.54. The number of ether oxygens (including phenoxy) is 2. The molecule has 3 aromatic rings. The van der Waals surface area contributed by atoms with Crippen molar-refractivity contribution in [3.8, 4) is 0 Å². The number of esters is 1. The Morgan fingerprint density at radius 3 is 2.32 bits per heavy atom. The van der Waals surface area contributed by atoms with Gasteiger partial charge in [-0.3, -0.25) is 29.0 Å². The molecule has 1 N–H and O–H groups in total. The lowest BCUT2D eigenvalue weighted by Crippen LogP contribution is -2.50. The molecular weight excluding hydrogens is 643 g/mol. The zero-order valence-electron chi connectivity index (χ0n) is 26.4. The second kappa shape index (κ2) is 15.8. The van der Waals surface area contributed by atoms with Gasteiger partial charge < -0.3 is 19.7 Å². The summed E-state index contributed by atoms with van der Waals surface area (Å²) >= 11 is 12.6. The number of nitrogens with zero attached hydrogens (tertiary/aromatic N) is 3. The second-order valence-electron chi connectivity index (χ2n) is 11.5. The van der Waals surface area contributed by atoms with E-state index in [1.807, 2.05) is 15.9 Å². The number of hydrogen-bond acceptors (Lipinski definition) is 7. The van der Waals surface area contributed by atoms with Crippen molar-refractivity contribution < 1.29 is 28.7 Å². The van der Waals surface area contributed by atoms with Crippen molar-refractivity contribution in [1.82, 2.24) is 9.80 Å². The maximum absolute atomic E-state index is 14.1. The molecule has 10 nitrogen and oxygen atoms in total. The predicted molar refractivity (Wildman–Crippen MR) is 181 cm³/mol. The van der Waals surface area contributed by atoms with E-state index >= 15 is 0 Å². The lowest BCUT2D eigenvalue weighted by atomic mass is 9.90. The maximum atomic E-state index is 14.1. The smallest absolute Gasteiger partial charge is 0.320 e. The van der Waals surface area contributed by atoms with E-state index in [0.717, 1.165) is 5.56 Å². The lowest BCUT2D eigenvalue weighted by molar-refractivity contribution is -0.145. The number of piperazine rings is 1. The van der Waals surface area contributed by atoms with Crippen molar-refractivity contribution >= 4 is 58.3 Å². The first-order chi connectivity index (χ1) is 22.7. The summed E-state index contributed by atoms with van der Waals surface area (Å²) in [5.74, 6) is -1.07. The van der Waals surface area contributed by atoms with E-state index in [2.05, 4.69) is 5.32 Å². The van der Waals surface area contributed by atoms with Crippen molar-refractivity contribution in [3.63, 3.8) is 0 Å². The van der Waals surface area contributed by atoms with Gasteiger partial charge in [0.25, 0.3) is 11.8 Å². The summed E-state index contributed by atoms with van der Waals surface area (Å²) in [4.78, 5) is 57.7. The molecule has 3 amide bonds. The van der Waals surface area contributed by atoms with Crippen LogP contribution < -0.4 is 10.2 Å². The summed E-state index contributed by atoms with van der Waals surface area (Å²) in [6, 6.07) is 18.8. The number of benzene rings is 3. The summed E-state index contributed by atoms with van der Waals surface area (Å²) in [5, 5.41) is 3.67. The zero-order valence-corrected chi connectivity index (χ0v) is 27.9. The molecule has 12 heteroatoms. The van der Waals surface area contributed by atoms with Gasteiger partial charge in [0.1, 0.15) is 6.23 Å². The summed E-state index contributed by atoms with van der Waals surface area (Å²) in [6.07, 6.45) is 0.792. The summed E-state index contributed by atoms with van der Waals surface area (Å²) in [5.41, 5.74) is 2.71. The number of hydrogen-bond donors (Lipinski definition) is 1. The number of carbonyl (C=O) groups is 4. The third kappa shape index (κ3) is 8.31. The van der Waals surface area contributed by atoms with Crippen molar-refractivity contribution in [2.45, 2.75) is 38.3 Å². The van der Waals surface area contributed by atoms with Crippen LogP contribution in [0.1, 0.15) is 58.4 Å². The molecule has 47 heavy (non-hydrogen) atoms. The number of carbonyl (C=O) groups excluding carboxylic acids is 4. The molecule has 2 heterocycles. The van der Waals surface area contributed by atoms with E-state index in [0.29, 0.717) is 78.2 Å². The Bertz CT molecular complexity index is 1610. The molecule has 248 valence electrons. The second-order valence-corrected chi connectivity index (χ2v) is 12.4. The first-order valence-corrected chi connectivity index (χ1v) is 16.4. The van der Waals surface area contributed by atoms with Crippen molar-refractivity contribution in [3.05, 3.63) is 93.5 Å². The number of nitrogens with one attached hydrogen (secondary N) is 1. The number of anilines is 2. The molecule has 0 aliphatic carbocycles. The van der Waals surface area contributed by atoms with E-state index in [4.69, 9.17) is 32.7 Å². The molecule has 0 aromatic heterocycles. The molecule has 1 saturated heterocycles. The van der Waals surface area contributed by atoms with E-state index in [1.165, 1.54) is 0 Å². The largest absolute Gasteiger partial charge is 0.465 e. The summed E-state index contributed by atoms with van der Waals surface area (Å²) in [7, 11) is 1.56. The quantitative estimate of drug-likeness (QED) is 0.283. The number of amides is 3. The Hall–Kier alpha value is -3.96. The third-order valence-corrected chi connectivity index (χ3v) is 9.11. The monoisotopic (exact) mass is 680 g/mol. The van der Waals surface area contributed by atoms with Crippen LogP contribution in [0.4, 0.5) is 11.4 Å². The fraction of sp³-hybridized carbons (Fsp3) is 0.371. The zero-order chi connectivity index (χ0) is 33.5. The number of halogens is 2. The van der Waals surface area contributed by atoms with Crippen LogP contribution in [0, 0.1) is 0 Å². The van der Waals surface area contributed by atoms with Gasteiger partial charge in [-0.15, -0.1) is 0 Å². The number of rotatable bonds is 9. The van der Waals surface area contributed by atoms with Gasteiger partial charge in [-0.2, -0.15) is 0 Å². The molecule has 5 rings (SSSR count). The van der Waals surface area contributed by atoms with Crippen LogP contribution in [-0.2, 0) is 19.1 Å². The molecule has 2 aliphatic rings. The van der Waals surface area contributed by atoms with E-state index in [-0.39, 0.29) is 42.6 Å². The molecule has 0 saturated carbocycles. The van der Waals surface area contributed by atoms with Gasteiger partial charge in [0.15, 0.2) is 0 Å². The molecule has 3 aromatic carbocycles. The molecule has 1 fully saturated rings. The van der Waals surface area contributed by atoms with Crippen molar-refractivity contribution in [1.29, 1.82) is 0 Å². The SMILES string of the molecule is CCOC(=O)CN1CCN(C(=O)CC2CCC(OC)N(C(=O)c3ccc(NC(=O)c4ccccc4Cl)cc3)c3ccc(Cl)cc32)CC1. The Balaban J connectivity index is 1.31. The lowest BCUT2D eigenvalue weighted by Gasteiger charge is -2.35. The van der Waals surface area contributed by atoms with Crippen LogP contribution >= 0.6 is 23.2 Å². The van der Waals surface area contributed by atoms with Gasteiger partial charge in [-0.1, -0.05) is 35.3 Å². The Morgan fingerprint density at radius 2 is 1.64 bits per heavy atom. The van der Waals surface area contributed by atoms with Crippen molar-refractivity contribution in [2.24, 2.45) is 0 Å². The van der Waals surface area contributed by atoms with Gasteiger partial charge in [0.05, 0.1) is 29.4 Å². The average molecular weight is 682 g/mol. The Labute approximate surface area is 284 Å². The average Bonchev–Trinajstić information content (AvgIpc) is 3.21. The fourth-order valence-corrected chi connectivity index (χ4v) is 6.50. The molecular formula is C35H38Cl2N4O6. The van der Waals surface area contributed by atoms with Gasteiger partial charge in [0, 0.05) is 56.0 Å². The molecule has 2 unspecified atom stereocenters. The van der Waals surface area contributed by atoms with Gasteiger partial charge >= 0.3 is 5.97 Å². The van der Waals surface area contributed by atoms with Crippen LogP contribution in [0.15, 0.2) is 66.7 Å². The van der Waals surface area contributed by atoms with Gasteiger partial charge in [-0.05, 0) is 85.8 Å². The van der Waals surface area contributed by atoms with Gasteiger partial charge in [-0.25, -0.2) is 0 Å². The number of methoxy groups -OCH3 is 1. The van der Waals surface area contributed by atoms with Crippen LogP contribution in [0.5, 0.6) is 0 Å². The molecule has 2 atom stereocenters. The van der Waals surface area contributed by atoms with E-state index in [9.17, 15) is 19.2 Å². The maximum Gasteiger partial charge on any atom is 0.320 e. The number of fused-ring (bicyclic) bond motifs is 1. The minimum Gasteiger partial charge on any atom is -0.465 e. The normalized spacial score (nSPS) is 18.2. The molecule has 0 spiro atoms. The highest BCUT2D eigenvalue weighted by atomic mass is 35.5. The minimum absolute atomic E-state index is 0.0138. The first kappa shape index (κ1) is 34.4. The van der Waals surface area contributed by atoms with Crippen LogP contribution in [0.2, 0.25) is 10.0 Å². The van der Waals surface area contributed by atoms with Crippen LogP contribution in [0.25, 0.3) is 0 Å². The topological polar surface area (TPSA) is 108 Å². The van der Waals surface area contributed by atoms with E-state index < -0.39 is 6.23 Å². The molecule has 0 bridgehead atoms. The Kier molecular flexibility index (Phi) is 11.5. The summed E-state index contributed by atoms with van der Waals surface area (Å²) < 4.78 is 10.9. The minimum atomic E-state index is -0.575. The molecule has 0 radical (unpaired) electrons. The predicted octanol–water partition coefficient (Wildman–Crippen LogP) is 5.84. The first-order valence-electron chi connectivity index (χ1n) is 15.7. The standard InChI is InChI=1S/C35H38Cl2N4O6/c1-3-47-33(43)22-39-16-18-40(19-17-39)31(42)20-24-10-15-32(46-2)41(30-14-11-25(36)21-28(24)30)35(45)23-8-12-26(13-9-23)38-34(44)27-6-4-5-7-29(27)37/h4-9,11-14,21,24,32H,3,10,15-20,22H2,1-2H3,(H,38,44). The Morgan fingerprint density at radius 1 is 0.915 bits per heavy atom. The molecule has 2 aliphatic heterocycles. The highest BCUT2D eigenvalue weighted by Crippen LogP contribution is 2.41. The van der Waals surface area contributed by atoms with Crippen LogP contribution in [-0.4, -0.2) is 86.2 Å². The van der Waals surface area contributed by atoms with Gasteiger partial charge in [0.2, 0.25) is 5.91 Å². The summed E-state index contributed by atoms with van der Waals surface area (Å²) in [6.45, 7) is 4.56. The highest BCUT2D eigenvalue weighted by molar-refractivity contribution is 6.34. The van der Waals surface area contributed by atoms with Crippen molar-refractivity contribution in [2.75, 3.05) is 56.7 Å². The van der Waals surface area contributed by atoms with E-state index in [1.54, 1.807) is 79.6 Å².